The second kappa shape index (κ2) is 12.0. The van der Waals surface area contributed by atoms with E-state index < -0.39 is 0 Å². The van der Waals surface area contributed by atoms with Gasteiger partial charge >= 0.3 is 0 Å². The van der Waals surface area contributed by atoms with E-state index in [1.165, 1.54) is 0 Å². The molecule has 0 saturated heterocycles. The summed E-state index contributed by atoms with van der Waals surface area (Å²) >= 11 is 0. The van der Waals surface area contributed by atoms with Crippen molar-refractivity contribution in [3.05, 3.63) is 53.6 Å². The number of hydrogen-bond acceptors (Lipinski definition) is 4. The zero-order valence-corrected chi connectivity index (χ0v) is 18.0. The summed E-state index contributed by atoms with van der Waals surface area (Å²) < 4.78 is 17.0. The van der Waals surface area contributed by atoms with Crippen LogP contribution < -0.4 is 19.5 Å². The molecule has 158 valence electrons. The molecule has 5 nitrogen and oxygen atoms in total. The lowest BCUT2D eigenvalue weighted by atomic mass is 10.1. The largest absolute Gasteiger partial charge is 0.493 e. The number of hydrogen-bond donors (Lipinski definition) is 1. The first-order valence-electron chi connectivity index (χ1n) is 10.3. The van der Waals surface area contributed by atoms with Crippen LogP contribution in [-0.4, -0.2) is 26.2 Å². The number of methoxy groups -OCH3 is 1. The number of carbonyl (C=O) groups excluding carboxylic acids is 1. The van der Waals surface area contributed by atoms with E-state index in [0.29, 0.717) is 42.7 Å². The topological polar surface area (TPSA) is 56.8 Å². The SMILES string of the molecule is CCCCOc1ccc(CNC(=O)c2ccccc2OCCC(C)C)cc1OC. The summed E-state index contributed by atoms with van der Waals surface area (Å²) in [5.41, 5.74) is 1.49. The van der Waals surface area contributed by atoms with Crippen molar-refractivity contribution in [2.24, 2.45) is 5.92 Å². The molecule has 1 amide bonds. The molecule has 0 aliphatic rings. The maximum atomic E-state index is 12.7. The van der Waals surface area contributed by atoms with Gasteiger partial charge in [0.25, 0.3) is 5.91 Å². The molecule has 0 bridgehead atoms. The summed E-state index contributed by atoms with van der Waals surface area (Å²) in [6.07, 6.45) is 3.02. The van der Waals surface area contributed by atoms with Crippen LogP contribution in [0.2, 0.25) is 0 Å². The van der Waals surface area contributed by atoms with Gasteiger partial charge in [-0.05, 0) is 48.6 Å². The quantitative estimate of drug-likeness (QED) is 0.497. The summed E-state index contributed by atoms with van der Waals surface area (Å²) in [5.74, 6) is 2.40. The smallest absolute Gasteiger partial charge is 0.255 e. The highest BCUT2D eigenvalue weighted by molar-refractivity contribution is 5.96. The first kappa shape index (κ1) is 22.6. The van der Waals surface area contributed by atoms with Crippen LogP contribution in [0.4, 0.5) is 0 Å². The average molecular weight is 400 g/mol. The number of amides is 1. The van der Waals surface area contributed by atoms with Crippen LogP contribution in [0.25, 0.3) is 0 Å². The fourth-order valence-corrected chi connectivity index (χ4v) is 2.73. The second-order valence-corrected chi connectivity index (χ2v) is 7.40. The molecule has 0 aliphatic carbocycles. The molecule has 0 radical (unpaired) electrons. The number of unbranched alkanes of at least 4 members (excludes halogenated alkanes) is 1. The Morgan fingerprint density at radius 1 is 1.00 bits per heavy atom. The Kier molecular flexibility index (Phi) is 9.35. The maximum Gasteiger partial charge on any atom is 0.255 e. The molecule has 0 aliphatic heterocycles. The highest BCUT2D eigenvalue weighted by Crippen LogP contribution is 2.28. The zero-order chi connectivity index (χ0) is 21.1. The molecule has 2 aromatic rings. The van der Waals surface area contributed by atoms with Gasteiger partial charge < -0.3 is 19.5 Å². The Morgan fingerprint density at radius 3 is 2.48 bits per heavy atom. The minimum absolute atomic E-state index is 0.160. The van der Waals surface area contributed by atoms with Crippen LogP contribution in [-0.2, 0) is 6.54 Å². The minimum atomic E-state index is -0.160. The number of benzene rings is 2. The van der Waals surface area contributed by atoms with Crippen LogP contribution in [0.15, 0.2) is 42.5 Å². The van der Waals surface area contributed by atoms with Gasteiger partial charge in [-0.15, -0.1) is 0 Å². The van der Waals surface area contributed by atoms with Crippen molar-refractivity contribution in [1.82, 2.24) is 5.32 Å². The van der Waals surface area contributed by atoms with E-state index in [0.717, 1.165) is 30.6 Å². The lowest BCUT2D eigenvalue weighted by molar-refractivity contribution is 0.0946. The summed E-state index contributed by atoms with van der Waals surface area (Å²) in [4.78, 5) is 12.7. The van der Waals surface area contributed by atoms with Gasteiger partial charge in [0.2, 0.25) is 0 Å². The van der Waals surface area contributed by atoms with Crippen LogP contribution in [0.3, 0.4) is 0 Å². The second-order valence-electron chi connectivity index (χ2n) is 7.40. The van der Waals surface area contributed by atoms with E-state index in [4.69, 9.17) is 14.2 Å². The van der Waals surface area contributed by atoms with Crippen molar-refractivity contribution >= 4 is 5.91 Å². The van der Waals surface area contributed by atoms with Gasteiger partial charge in [-0.25, -0.2) is 0 Å². The van der Waals surface area contributed by atoms with Crippen LogP contribution in [0, 0.1) is 5.92 Å². The predicted octanol–water partition coefficient (Wildman–Crippen LogP) is 5.23. The lowest BCUT2D eigenvalue weighted by Gasteiger charge is -2.14. The van der Waals surface area contributed by atoms with Crippen molar-refractivity contribution in [2.75, 3.05) is 20.3 Å². The fourth-order valence-electron chi connectivity index (χ4n) is 2.73. The number of nitrogens with one attached hydrogen (secondary N) is 1. The van der Waals surface area contributed by atoms with Gasteiger partial charge in [-0.3, -0.25) is 4.79 Å². The summed E-state index contributed by atoms with van der Waals surface area (Å²) in [7, 11) is 1.62. The van der Waals surface area contributed by atoms with E-state index in [1.54, 1.807) is 13.2 Å². The third-order valence-corrected chi connectivity index (χ3v) is 4.52. The van der Waals surface area contributed by atoms with E-state index >= 15 is 0 Å². The third-order valence-electron chi connectivity index (χ3n) is 4.52. The number of carbonyl (C=O) groups is 1. The summed E-state index contributed by atoms with van der Waals surface area (Å²) in [5, 5.41) is 2.96. The summed E-state index contributed by atoms with van der Waals surface area (Å²) in [6.45, 7) is 8.08. The molecular formula is C24H33NO4. The van der Waals surface area contributed by atoms with Crippen LogP contribution >= 0.6 is 0 Å². The molecule has 5 heteroatoms. The third kappa shape index (κ3) is 7.33. The maximum absolute atomic E-state index is 12.7. The predicted molar refractivity (Wildman–Crippen MR) is 116 cm³/mol. The first-order valence-corrected chi connectivity index (χ1v) is 10.3. The highest BCUT2D eigenvalue weighted by Gasteiger charge is 2.13. The monoisotopic (exact) mass is 399 g/mol. The molecule has 0 heterocycles. The van der Waals surface area contributed by atoms with E-state index in [2.05, 4.69) is 26.1 Å². The average Bonchev–Trinajstić information content (AvgIpc) is 2.72. The zero-order valence-electron chi connectivity index (χ0n) is 18.0. The minimum Gasteiger partial charge on any atom is -0.493 e. The number of rotatable bonds is 12. The highest BCUT2D eigenvalue weighted by atomic mass is 16.5. The van der Waals surface area contributed by atoms with Crippen molar-refractivity contribution in [3.8, 4) is 17.2 Å². The molecule has 0 aromatic heterocycles. The van der Waals surface area contributed by atoms with E-state index in [-0.39, 0.29) is 5.91 Å². The van der Waals surface area contributed by atoms with E-state index in [9.17, 15) is 4.79 Å². The molecule has 2 aromatic carbocycles. The Labute approximate surface area is 174 Å². The van der Waals surface area contributed by atoms with Gasteiger partial charge in [0, 0.05) is 6.54 Å². The van der Waals surface area contributed by atoms with Crippen molar-refractivity contribution in [3.63, 3.8) is 0 Å². The van der Waals surface area contributed by atoms with Crippen LogP contribution in [0.5, 0.6) is 17.2 Å². The van der Waals surface area contributed by atoms with Crippen molar-refractivity contribution in [2.45, 2.75) is 46.6 Å². The molecule has 2 rings (SSSR count). The fraction of sp³-hybridized carbons (Fsp3) is 0.458. The molecule has 0 fully saturated rings. The lowest BCUT2D eigenvalue weighted by Crippen LogP contribution is -2.23. The van der Waals surface area contributed by atoms with Gasteiger partial charge in [-0.1, -0.05) is 45.4 Å². The normalized spacial score (nSPS) is 10.7. The van der Waals surface area contributed by atoms with E-state index in [1.807, 2.05) is 36.4 Å². The van der Waals surface area contributed by atoms with Crippen LogP contribution in [0.1, 0.15) is 56.0 Å². The van der Waals surface area contributed by atoms with Crippen molar-refractivity contribution in [1.29, 1.82) is 0 Å². The van der Waals surface area contributed by atoms with Gasteiger partial charge in [-0.2, -0.15) is 0 Å². The van der Waals surface area contributed by atoms with Gasteiger partial charge in [0.15, 0.2) is 11.5 Å². The Hall–Kier alpha value is -2.69. The molecular weight excluding hydrogens is 366 g/mol. The van der Waals surface area contributed by atoms with Gasteiger partial charge in [0.1, 0.15) is 5.75 Å². The Balaban J connectivity index is 1.98. The Morgan fingerprint density at radius 2 is 1.76 bits per heavy atom. The number of para-hydroxylation sites is 1. The number of ether oxygens (including phenoxy) is 3. The Bertz CT molecular complexity index is 773. The molecule has 29 heavy (non-hydrogen) atoms. The molecule has 0 spiro atoms. The molecule has 0 atom stereocenters. The molecule has 0 saturated carbocycles. The summed E-state index contributed by atoms with van der Waals surface area (Å²) in [6, 6.07) is 13.1. The first-order chi connectivity index (χ1) is 14.0. The molecule has 0 unspecified atom stereocenters. The standard InChI is InChI=1S/C24H33NO4/c1-5-6-14-28-22-12-11-19(16-23(22)27-4)17-25-24(26)20-9-7-8-10-21(20)29-15-13-18(2)3/h7-12,16,18H,5-6,13-15,17H2,1-4H3,(H,25,26). The molecule has 1 N–H and O–H groups in total. The van der Waals surface area contributed by atoms with Crippen molar-refractivity contribution < 1.29 is 19.0 Å². The van der Waals surface area contributed by atoms with Gasteiger partial charge in [0.05, 0.1) is 25.9 Å².